The minimum Gasteiger partial charge on any atom is -0.390 e. The van der Waals surface area contributed by atoms with E-state index in [0.717, 1.165) is 38.4 Å². The van der Waals surface area contributed by atoms with Gasteiger partial charge in [-0.3, -0.25) is 4.90 Å². The lowest BCUT2D eigenvalue weighted by atomic mass is 10.1. The monoisotopic (exact) mass is 325 g/mol. The number of aliphatic hydroxyl groups is 1. The lowest BCUT2D eigenvalue weighted by Crippen LogP contribution is -2.49. The van der Waals surface area contributed by atoms with Crippen LogP contribution in [0.5, 0.6) is 0 Å². The number of β-amino-alcohol motifs (C(OH)–C–C–N with tert-alkyl or cyclic N) is 1. The van der Waals surface area contributed by atoms with E-state index in [1.807, 2.05) is 30.3 Å². The molecule has 0 amide bonds. The number of nitrogens with zero attached hydrogens (tertiary/aromatic N) is 2. The van der Waals surface area contributed by atoms with E-state index in [9.17, 15) is 5.11 Å². The third kappa shape index (κ3) is 4.49. The van der Waals surface area contributed by atoms with Crippen LogP contribution in [0.25, 0.3) is 0 Å². The number of aliphatic hydroxyl groups excluding tert-OH is 1. The van der Waals surface area contributed by atoms with Gasteiger partial charge in [0, 0.05) is 50.6 Å². The van der Waals surface area contributed by atoms with Crippen molar-refractivity contribution in [1.29, 1.82) is 0 Å². The Morgan fingerprint density at radius 1 is 0.958 bits per heavy atom. The highest BCUT2D eigenvalue weighted by Gasteiger charge is 2.20. The van der Waals surface area contributed by atoms with Crippen molar-refractivity contribution in [2.24, 2.45) is 0 Å². The van der Waals surface area contributed by atoms with Crippen molar-refractivity contribution in [3.8, 4) is 0 Å². The summed E-state index contributed by atoms with van der Waals surface area (Å²) in [5, 5.41) is 13.6. The van der Waals surface area contributed by atoms with E-state index in [2.05, 4.69) is 46.3 Å². The summed E-state index contributed by atoms with van der Waals surface area (Å²) in [4.78, 5) is 4.80. The normalized spacial score (nSPS) is 16.8. The summed E-state index contributed by atoms with van der Waals surface area (Å²) in [6, 6.07) is 18.6. The number of piperazine rings is 1. The van der Waals surface area contributed by atoms with Crippen LogP contribution in [0.3, 0.4) is 0 Å². The van der Waals surface area contributed by atoms with Crippen LogP contribution in [0.1, 0.15) is 5.56 Å². The summed E-state index contributed by atoms with van der Waals surface area (Å²) in [7, 11) is 0. The Bertz CT molecular complexity index is 624. The number of rotatable bonds is 6. The third-order valence-electron chi connectivity index (χ3n) is 4.61. The van der Waals surface area contributed by atoms with Crippen LogP contribution < -0.4 is 10.2 Å². The van der Waals surface area contributed by atoms with E-state index in [1.165, 1.54) is 11.3 Å². The number of nitrogens with one attached hydrogen (secondary N) is 1. The number of hydrogen-bond acceptors (Lipinski definition) is 4. The second-order valence-electron chi connectivity index (χ2n) is 6.47. The molecule has 2 aromatic carbocycles. The first kappa shape index (κ1) is 16.8. The van der Waals surface area contributed by atoms with Gasteiger partial charge in [0.05, 0.1) is 6.10 Å². The fraction of sp³-hybridized carbons (Fsp3) is 0.400. The van der Waals surface area contributed by atoms with Crippen LogP contribution >= 0.6 is 0 Å². The summed E-state index contributed by atoms with van der Waals surface area (Å²) < 4.78 is 0. The number of aryl methyl sites for hydroxylation is 1. The van der Waals surface area contributed by atoms with Crippen LogP contribution in [-0.2, 0) is 0 Å². The minimum atomic E-state index is -0.352. The van der Waals surface area contributed by atoms with E-state index in [0.29, 0.717) is 6.54 Å². The molecule has 128 valence electrons. The van der Waals surface area contributed by atoms with Gasteiger partial charge in [0.25, 0.3) is 0 Å². The predicted octanol–water partition coefficient (Wildman–Crippen LogP) is 2.59. The molecule has 0 aliphatic carbocycles. The van der Waals surface area contributed by atoms with Crippen LogP contribution in [-0.4, -0.2) is 55.4 Å². The summed E-state index contributed by atoms with van der Waals surface area (Å²) >= 11 is 0. The standard InChI is InChI=1S/C20H27N3O/c1-17-7-5-6-10-20(17)23-13-11-22(12-14-23)16-19(24)15-21-18-8-3-2-4-9-18/h2-10,19,21,24H,11-16H2,1H3. The van der Waals surface area contributed by atoms with Gasteiger partial charge in [0.2, 0.25) is 0 Å². The van der Waals surface area contributed by atoms with Gasteiger partial charge in [-0.05, 0) is 30.7 Å². The molecule has 2 N–H and O–H groups in total. The van der Waals surface area contributed by atoms with Gasteiger partial charge in [0.15, 0.2) is 0 Å². The van der Waals surface area contributed by atoms with Crippen molar-refractivity contribution >= 4 is 11.4 Å². The molecule has 24 heavy (non-hydrogen) atoms. The van der Waals surface area contributed by atoms with Crippen LogP contribution in [0, 0.1) is 6.92 Å². The Morgan fingerprint density at radius 2 is 1.62 bits per heavy atom. The van der Waals surface area contributed by atoms with Gasteiger partial charge in [0.1, 0.15) is 0 Å². The molecular formula is C20H27N3O. The molecule has 0 saturated carbocycles. The number of benzene rings is 2. The SMILES string of the molecule is Cc1ccccc1N1CCN(CC(O)CNc2ccccc2)CC1. The van der Waals surface area contributed by atoms with Crippen LogP contribution in [0.2, 0.25) is 0 Å². The Labute approximate surface area is 144 Å². The maximum absolute atomic E-state index is 10.3. The maximum Gasteiger partial charge on any atom is 0.0839 e. The first-order valence-electron chi connectivity index (χ1n) is 8.72. The summed E-state index contributed by atoms with van der Waals surface area (Å²) in [5.74, 6) is 0. The molecule has 3 rings (SSSR count). The Kier molecular flexibility index (Phi) is 5.72. The lowest BCUT2D eigenvalue weighted by Gasteiger charge is -2.37. The Balaban J connectivity index is 1.43. The fourth-order valence-electron chi connectivity index (χ4n) is 3.24. The first-order chi connectivity index (χ1) is 11.7. The number of hydrogen-bond donors (Lipinski definition) is 2. The second kappa shape index (κ2) is 8.18. The zero-order chi connectivity index (χ0) is 16.8. The molecular weight excluding hydrogens is 298 g/mol. The molecule has 1 aliphatic rings. The van der Waals surface area contributed by atoms with Crippen molar-refractivity contribution in [2.75, 3.05) is 49.5 Å². The van der Waals surface area contributed by atoms with Gasteiger partial charge >= 0.3 is 0 Å². The third-order valence-corrected chi connectivity index (χ3v) is 4.61. The van der Waals surface area contributed by atoms with E-state index in [-0.39, 0.29) is 6.10 Å². The van der Waals surface area contributed by atoms with Crippen molar-refractivity contribution in [1.82, 2.24) is 4.90 Å². The molecule has 0 radical (unpaired) electrons. The summed E-state index contributed by atoms with van der Waals surface area (Å²) in [6.45, 7) is 7.50. The first-order valence-corrected chi connectivity index (χ1v) is 8.72. The molecule has 4 nitrogen and oxygen atoms in total. The van der Waals surface area contributed by atoms with Gasteiger partial charge in [-0.1, -0.05) is 36.4 Å². The summed E-state index contributed by atoms with van der Waals surface area (Å²) in [6.07, 6.45) is -0.352. The Morgan fingerprint density at radius 3 is 2.33 bits per heavy atom. The smallest absolute Gasteiger partial charge is 0.0839 e. The van der Waals surface area contributed by atoms with Gasteiger partial charge in [-0.15, -0.1) is 0 Å². The topological polar surface area (TPSA) is 38.7 Å². The maximum atomic E-state index is 10.3. The number of anilines is 2. The van der Waals surface area contributed by atoms with Crippen LogP contribution in [0.4, 0.5) is 11.4 Å². The zero-order valence-electron chi connectivity index (χ0n) is 14.4. The van der Waals surface area contributed by atoms with Crippen molar-refractivity contribution in [2.45, 2.75) is 13.0 Å². The average molecular weight is 325 g/mol. The van der Waals surface area contributed by atoms with Gasteiger partial charge in [-0.25, -0.2) is 0 Å². The molecule has 4 heteroatoms. The lowest BCUT2D eigenvalue weighted by molar-refractivity contribution is 0.118. The molecule has 0 bridgehead atoms. The molecule has 1 aliphatic heterocycles. The molecule has 1 atom stereocenters. The van der Waals surface area contributed by atoms with E-state index in [1.54, 1.807) is 0 Å². The zero-order valence-corrected chi connectivity index (χ0v) is 14.4. The molecule has 2 aromatic rings. The fourth-order valence-corrected chi connectivity index (χ4v) is 3.24. The van der Waals surface area contributed by atoms with E-state index >= 15 is 0 Å². The van der Waals surface area contributed by atoms with Gasteiger partial charge < -0.3 is 15.3 Å². The minimum absolute atomic E-state index is 0.352. The van der Waals surface area contributed by atoms with Crippen molar-refractivity contribution in [3.63, 3.8) is 0 Å². The molecule has 0 aromatic heterocycles. The van der Waals surface area contributed by atoms with Crippen molar-refractivity contribution < 1.29 is 5.11 Å². The van der Waals surface area contributed by atoms with Gasteiger partial charge in [-0.2, -0.15) is 0 Å². The summed E-state index contributed by atoms with van der Waals surface area (Å²) in [5.41, 5.74) is 3.72. The highest BCUT2D eigenvalue weighted by Crippen LogP contribution is 2.20. The van der Waals surface area contributed by atoms with E-state index < -0.39 is 0 Å². The van der Waals surface area contributed by atoms with Crippen LogP contribution in [0.15, 0.2) is 54.6 Å². The molecule has 1 fully saturated rings. The molecule has 1 unspecified atom stereocenters. The largest absolute Gasteiger partial charge is 0.390 e. The molecule has 1 heterocycles. The van der Waals surface area contributed by atoms with Crippen molar-refractivity contribution in [3.05, 3.63) is 60.2 Å². The Hall–Kier alpha value is -2.04. The number of para-hydroxylation sites is 2. The molecule has 0 spiro atoms. The highest BCUT2D eigenvalue weighted by molar-refractivity contribution is 5.53. The quantitative estimate of drug-likeness (QED) is 0.856. The predicted molar refractivity (Wildman–Crippen MR) is 101 cm³/mol. The van der Waals surface area contributed by atoms with E-state index in [4.69, 9.17) is 0 Å². The molecule has 1 saturated heterocycles. The second-order valence-corrected chi connectivity index (χ2v) is 6.47. The highest BCUT2D eigenvalue weighted by atomic mass is 16.3. The average Bonchev–Trinajstić information content (AvgIpc) is 2.62.